The van der Waals surface area contributed by atoms with Gasteiger partial charge in [-0.25, -0.2) is 0 Å². The van der Waals surface area contributed by atoms with Gasteiger partial charge >= 0.3 is 0 Å². The topological polar surface area (TPSA) is 58.2 Å². The van der Waals surface area contributed by atoms with Gasteiger partial charge in [0.05, 0.1) is 26.0 Å². The molecule has 0 aliphatic carbocycles. The smallest absolute Gasteiger partial charge is 0.263 e. The molecule has 2 aromatic carbocycles. The lowest BCUT2D eigenvalue weighted by Crippen LogP contribution is -2.40. The zero-order valence-electron chi connectivity index (χ0n) is 15.3. The molecule has 0 atom stereocenters. The molecule has 0 radical (unpaired) electrons. The van der Waals surface area contributed by atoms with Crippen LogP contribution in [0.1, 0.15) is 40.8 Å². The van der Waals surface area contributed by atoms with E-state index in [1.165, 1.54) is 17.4 Å². The number of carbonyl (C=O) groups excluding carboxylic acids is 2. The maximum atomic E-state index is 12.7. The first-order valence-electron chi connectivity index (χ1n) is 8.37. The Morgan fingerprint density at radius 2 is 1.71 bits per heavy atom. The predicted octanol–water partition coefficient (Wildman–Crippen LogP) is 6.64. The number of hydrogen-bond acceptors (Lipinski definition) is 3. The van der Waals surface area contributed by atoms with E-state index in [4.69, 9.17) is 34.8 Å². The largest absolute Gasteiger partial charge is 0.347 e. The maximum Gasteiger partial charge on any atom is 0.263 e. The molecule has 2 amide bonds. The number of fused-ring (bicyclic) bond motifs is 1. The molecule has 1 aromatic heterocycles. The summed E-state index contributed by atoms with van der Waals surface area (Å²) in [4.78, 5) is 25.7. The molecule has 8 heteroatoms. The monoisotopic (exact) mass is 454 g/mol. The number of benzene rings is 2. The van der Waals surface area contributed by atoms with Crippen LogP contribution in [-0.2, 0) is 0 Å². The van der Waals surface area contributed by atoms with E-state index < -0.39 is 11.4 Å². The van der Waals surface area contributed by atoms with E-state index in [9.17, 15) is 9.59 Å². The molecule has 4 nitrogen and oxygen atoms in total. The lowest BCUT2D eigenvalue weighted by Gasteiger charge is -2.19. The Morgan fingerprint density at radius 3 is 2.39 bits per heavy atom. The molecular weight excluding hydrogens is 439 g/mol. The van der Waals surface area contributed by atoms with Crippen LogP contribution in [-0.4, -0.2) is 17.4 Å². The lowest BCUT2D eigenvalue weighted by atomic mass is 10.1. The van der Waals surface area contributed by atoms with Crippen molar-refractivity contribution in [2.75, 3.05) is 5.32 Å². The molecule has 0 aliphatic heterocycles. The van der Waals surface area contributed by atoms with Gasteiger partial charge < -0.3 is 10.6 Å². The van der Waals surface area contributed by atoms with E-state index in [1.54, 1.807) is 24.3 Å². The van der Waals surface area contributed by atoms with Gasteiger partial charge in [-0.05, 0) is 45.0 Å². The predicted molar refractivity (Wildman–Crippen MR) is 118 cm³/mol. The summed E-state index contributed by atoms with van der Waals surface area (Å²) in [6, 6.07) is 10.0. The van der Waals surface area contributed by atoms with Crippen LogP contribution in [0.4, 0.5) is 5.69 Å². The Balaban J connectivity index is 1.99. The quantitative estimate of drug-likeness (QED) is 0.465. The third-order valence-corrected chi connectivity index (χ3v) is 6.08. The Hall–Kier alpha value is -1.79. The molecule has 0 aliphatic rings. The van der Waals surface area contributed by atoms with Crippen LogP contribution >= 0.6 is 46.1 Å². The summed E-state index contributed by atoms with van der Waals surface area (Å²) in [6.07, 6.45) is 0. The van der Waals surface area contributed by atoms with Crippen molar-refractivity contribution in [2.45, 2.75) is 26.3 Å². The summed E-state index contributed by atoms with van der Waals surface area (Å²) in [7, 11) is 0. The molecule has 2 N–H and O–H groups in total. The molecule has 0 fully saturated rings. The number of amides is 2. The van der Waals surface area contributed by atoms with E-state index in [0.717, 1.165) is 0 Å². The fraction of sp³-hybridized carbons (Fsp3) is 0.200. The number of nitrogens with one attached hydrogen (secondary N) is 2. The van der Waals surface area contributed by atoms with Crippen molar-refractivity contribution >= 4 is 73.7 Å². The van der Waals surface area contributed by atoms with Gasteiger partial charge in [0.2, 0.25) is 0 Å². The number of rotatable bonds is 3. The number of hydrogen-bond donors (Lipinski definition) is 2. The van der Waals surface area contributed by atoms with Gasteiger partial charge in [0.1, 0.15) is 4.88 Å². The van der Waals surface area contributed by atoms with Crippen LogP contribution in [0.25, 0.3) is 10.1 Å². The number of anilines is 1. The molecule has 3 rings (SSSR count). The minimum absolute atomic E-state index is 0.256. The molecule has 0 spiro atoms. The van der Waals surface area contributed by atoms with E-state index in [1.807, 2.05) is 26.8 Å². The molecule has 28 heavy (non-hydrogen) atoms. The molecule has 0 bridgehead atoms. The molecular formula is C20H17Cl3N2O2S. The normalized spacial score (nSPS) is 11.5. The molecule has 1 heterocycles. The summed E-state index contributed by atoms with van der Waals surface area (Å²) < 4.78 is 0.707. The van der Waals surface area contributed by atoms with Crippen LogP contribution in [0, 0.1) is 0 Å². The van der Waals surface area contributed by atoms with Crippen molar-refractivity contribution in [3.63, 3.8) is 0 Å². The molecule has 146 valence electrons. The Labute approximate surface area is 181 Å². The van der Waals surface area contributed by atoms with E-state index in [2.05, 4.69) is 10.6 Å². The average molecular weight is 456 g/mol. The first-order chi connectivity index (χ1) is 13.1. The van der Waals surface area contributed by atoms with Crippen molar-refractivity contribution in [3.05, 3.63) is 61.9 Å². The summed E-state index contributed by atoms with van der Waals surface area (Å²) in [5.74, 6) is -0.654. The van der Waals surface area contributed by atoms with Crippen LogP contribution < -0.4 is 10.6 Å². The van der Waals surface area contributed by atoms with Crippen molar-refractivity contribution in [2.24, 2.45) is 0 Å². The summed E-state index contributed by atoms with van der Waals surface area (Å²) >= 11 is 19.8. The summed E-state index contributed by atoms with van der Waals surface area (Å²) in [6.45, 7) is 5.69. The minimum atomic E-state index is -0.398. The van der Waals surface area contributed by atoms with Crippen molar-refractivity contribution in [3.8, 4) is 0 Å². The van der Waals surface area contributed by atoms with Gasteiger partial charge in [-0.15, -0.1) is 11.3 Å². The van der Waals surface area contributed by atoms with Crippen LogP contribution in [0.2, 0.25) is 15.1 Å². The summed E-state index contributed by atoms with van der Waals surface area (Å²) in [5, 5.41) is 7.50. The Bertz CT molecular complexity index is 1090. The fourth-order valence-corrected chi connectivity index (χ4v) is 4.44. The van der Waals surface area contributed by atoms with Gasteiger partial charge in [-0.3, -0.25) is 9.59 Å². The van der Waals surface area contributed by atoms with Gasteiger partial charge in [-0.1, -0.05) is 46.9 Å². The van der Waals surface area contributed by atoms with E-state index >= 15 is 0 Å². The van der Waals surface area contributed by atoms with Crippen LogP contribution in [0.15, 0.2) is 36.4 Å². The Morgan fingerprint density at radius 1 is 1.00 bits per heavy atom. The minimum Gasteiger partial charge on any atom is -0.347 e. The molecule has 0 saturated heterocycles. The highest BCUT2D eigenvalue weighted by molar-refractivity contribution is 7.22. The van der Waals surface area contributed by atoms with Crippen molar-refractivity contribution in [1.82, 2.24) is 5.32 Å². The number of carbonyl (C=O) groups is 2. The van der Waals surface area contributed by atoms with Crippen LogP contribution in [0.5, 0.6) is 0 Å². The van der Waals surface area contributed by atoms with Gasteiger partial charge in [0, 0.05) is 15.9 Å². The second kappa shape index (κ2) is 7.91. The van der Waals surface area contributed by atoms with Gasteiger partial charge in [0.15, 0.2) is 0 Å². The van der Waals surface area contributed by atoms with Gasteiger partial charge in [-0.2, -0.15) is 0 Å². The lowest BCUT2D eigenvalue weighted by molar-refractivity contribution is 0.0923. The van der Waals surface area contributed by atoms with E-state index in [0.29, 0.717) is 35.7 Å². The van der Waals surface area contributed by atoms with E-state index in [-0.39, 0.29) is 11.5 Å². The second-order valence-electron chi connectivity index (χ2n) is 7.21. The zero-order valence-corrected chi connectivity index (χ0v) is 18.4. The highest BCUT2D eigenvalue weighted by Gasteiger charge is 2.23. The number of halogens is 3. The maximum absolute atomic E-state index is 12.7. The summed E-state index contributed by atoms with van der Waals surface area (Å²) in [5.41, 5.74) is 0.413. The third-order valence-electron chi connectivity index (χ3n) is 3.77. The third kappa shape index (κ3) is 4.44. The first kappa shape index (κ1) is 20.9. The Kier molecular flexibility index (Phi) is 5.92. The second-order valence-corrected chi connectivity index (χ2v) is 9.45. The highest BCUT2D eigenvalue weighted by Crippen LogP contribution is 2.39. The fourth-order valence-electron chi connectivity index (χ4n) is 2.59. The molecule has 3 aromatic rings. The van der Waals surface area contributed by atoms with Crippen molar-refractivity contribution in [1.29, 1.82) is 0 Å². The van der Waals surface area contributed by atoms with Crippen molar-refractivity contribution < 1.29 is 9.59 Å². The highest BCUT2D eigenvalue weighted by atomic mass is 35.5. The zero-order chi connectivity index (χ0) is 20.6. The number of thiophene rings is 1. The SMILES string of the molecule is CC(C)(C)NC(=O)c1sc2c(NC(=O)c3cc(Cl)ccc3Cl)cccc2c1Cl. The van der Waals surface area contributed by atoms with Crippen LogP contribution in [0.3, 0.4) is 0 Å². The average Bonchev–Trinajstić information content (AvgIpc) is 2.94. The molecule has 0 unspecified atom stereocenters. The first-order valence-corrected chi connectivity index (χ1v) is 10.3. The standard InChI is InChI=1S/C20H17Cl3N2O2S/c1-20(2,3)25-19(27)17-15(23)11-5-4-6-14(16(11)28-17)24-18(26)12-9-10(21)7-8-13(12)22/h4-9H,1-3H3,(H,24,26)(H,25,27). The van der Waals surface area contributed by atoms with Gasteiger partial charge in [0.25, 0.3) is 11.8 Å². The molecule has 0 saturated carbocycles.